The monoisotopic (exact) mass is 251 g/mol. The Kier molecular flexibility index (Phi) is 2.75. The number of hydrogen-bond acceptors (Lipinski definition) is 5. The van der Waals surface area contributed by atoms with Gasteiger partial charge in [-0.05, 0) is 26.3 Å². The highest BCUT2D eigenvalue weighted by atomic mass is 32.1. The zero-order valence-electron chi connectivity index (χ0n) is 9.06. The van der Waals surface area contributed by atoms with Gasteiger partial charge in [-0.3, -0.25) is 0 Å². The van der Waals surface area contributed by atoms with Crippen molar-refractivity contribution in [3.8, 4) is 10.7 Å². The number of rotatable bonds is 2. The third-order valence-corrected chi connectivity index (χ3v) is 4.77. The largest absolute Gasteiger partial charge is 0.312 e. The highest BCUT2D eigenvalue weighted by Gasteiger charge is 2.23. The smallest absolute Gasteiger partial charge is 0.143 e. The van der Waals surface area contributed by atoms with E-state index in [1.54, 1.807) is 22.7 Å². The molecule has 1 aliphatic rings. The summed E-state index contributed by atoms with van der Waals surface area (Å²) < 4.78 is 0. The topological polar surface area (TPSA) is 37.8 Å². The minimum absolute atomic E-state index is 0.494. The molecule has 0 bridgehead atoms. The quantitative estimate of drug-likeness (QED) is 0.892. The van der Waals surface area contributed by atoms with Crippen molar-refractivity contribution in [2.75, 3.05) is 7.05 Å². The van der Waals surface area contributed by atoms with E-state index >= 15 is 0 Å². The molecule has 0 fully saturated rings. The molecule has 0 saturated heterocycles. The van der Waals surface area contributed by atoms with Crippen LogP contribution in [-0.2, 0) is 6.42 Å². The van der Waals surface area contributed by atoms with Gasteiger partial charge in [0.05, 0.1) is 11.2 Å². The third-order valence-electron chi connectivity index (χ3n) is 2.95. The van der Waals surface area contributed by atoms with Crippen molar-refractivity contribution >= 4 is 22.7 Å². The van der Waals surface area contributed by atoms with Gasteiger partial charge in [0.15, 0.2) is 0 Å². The predicted molar refractivity (Wildman–Crippen MR) is 68.0 cm³/mol. The number of thiazole rings is 2. The summed E-state index contributed by atoms with van der Waals surface area (Å²) in [5, 5.41) is 6.52. The fourth-order valence-corrected chi connectivity index (χ4v) is 3.96. The van der Waals surface area contributed by atoms with Gasteiger partial charge in [-0.15, -0.1) is 22.7 Å². The van der Waals surface area contributed by atoms with Crippen molar-refractivity contribution in [2.24, 2.45) is 0 Å². The zero-order valence-corrected chi connectivity index (χ0v) is 10.7. The van der Waals surface area contributed by atoms with Gasteiger partial charge < -0.3 is 5.32 Å². The molecular weight excluding hydrogens is 238 g/mol. The molecule has 2 heterocycles. The fraction of sp³-hybridized carbons (Fsp3) is 0.455. The van der Waals surface area contributed by atoms with Gasteiger partial charge >= 0.3 is 0 Å². The number of nitrogens with zero attached hydrogens (tertiary/aromatic N) is 2. The number of fused-ring (bicyclic) bond motifs is 1. The second kappa shape index (κ2) is 4.24. The summed E-state index contributed by atoms with van der Waals surface area (Å²) in [5.41, 5.74) is 4.17. The highest BCUT2D eigenvalue weighted by Crippen LogP contribution is 2.37. The maximum absolute atomic E-state index is 4.71. The van der Waals surface area contributed by atoms with E-state index in [9.17, 15) is 0 Å². The molecule has 5 heteroatoms. The summed E-state index contributed by atoms with van der Waals surface area (Å²) in [6.07, 6.45) is 3.58. The molecule has 0 radical (unpaired) electrons. The molecular formula is C11H13N3S2. The molecule has 1 atom stereocenters. The van der Waals surface area contributed by atoms with E-state index in [2.05, 4.69) is 15.7 Å². The molecule has 16 heavy (non-hydrogen) atoms. The van der Waals surface area contributed by atoms with Gasteiger partial charge in [-0.2, -0.15) is 0 Å². The normalized spacial score (nSPS) is 19.7. The Balaban J connectivity index is 2.02. The number of nitrogens with one attached hydrogen (secondary N) is 1. The van der Waals surface area contributed by atoms with Crippen molar-refractivity contribution in [2.45, 2.75) is 25.3 Å². The molecule has 2 aromatic rings. The minimum atomic E-state index is 0.494. The Morgan fingerprint density at radius 3 is 3.19 bits per heavy atom. The van der Waals surface area contributed by atoms with Crippen LogP contribution in [0.2, 0.25) is 0 Å². The summed E-state index contributed by atoms with van der Waals surface area (Å²) in [4.78, 5) is 10.5. The Morgan fingerprint density at radius 1 is 1.50 bits per heavy atom. The number of aromatic nitrogens is 2. The molecule has 0 amide bonds. The van der Waals surface area contributed by atoms with Crippen LogP contribution in [0.1, 0.15) is 29.5 Å². The van der Waals surface area contributed by atoms with Crippen molar-refractivity contribution in [3.05, 3.63) is 21.5 Å². The lowest BCUT2D eigenvalue weighted by molar-refractivity contribution is 0.501. The SMILES string of the molecule is CNC1CCCc2nc(-c3cscn3)sc21. The molecule has 2 aromatic heterocycles. The lowest BCUT2D eigenvalue weighted by Gasteiger charge is -2.19. The van der Waals surface area contributed by atoms with Crippen LogP contribution in [0.3, 0.4) is 0 Å². The average Bonchev–Trinajstić information content (AvgIpc) is 2.96. The fourth-order valence-electron chi connectivity index (χ4n) is 2.12. The van der Waals surface area contributed by atoms with Crippen LogP contribution in [0.4, 0.5) is 0 Å². The second-order valence-corrected chi connectivity index (χ2v) is 5.69. The second-order valence-electron chi connectivity index (χ2n) is 3.94. The minimum Gasteiger partial charge on any atom is -0.312 e. The highest BCUT2D eigenvalue weighted by molar-refractivity contribution is 7.15. The lowest BCUT2D eigenvalue weighted by Crippen LogP contribution is -2.19. The number of hydrogen-bond donors (Lipinski definition) is 1. The predicted octanol–water partition coefficient (Wildman–Crippen LogP) is 2.86. The van der Waals surface area contributed by atoms with E-state index in [1.807, 2.05) is 12.6 Å². The van der Waals surface area contributed by atoms with Crippen LogP contribution in [0.25, 0.3) is 10.7 Å². The first kappa shape index (κ1) is 10.4. The Labute approximate surface area is 103 Å². The lowest BCUT2D eigenvalue weighted by atomic mass is 9.98. The van der Waals surface area contributed by atoms with E-state index in [4.69, 9.17) is 4.98 Å². The van der Waals surface area contributed by atoms with Crippen LogP contribution in [0.15, 0.2) is 10.9 Å². The summed E-state index contributed by atoms with van der Waals surface area (Å²) in [7, 11) is 2.03. The van der Waals surface area contributed by atoms with Crippen molar-refractivity contribution in [1.29, 1.82) is 0 Å². The van der Waals surface area contributed by atoms with Gasteiger partial charge in [0, 0.05) is 16.3 Å². The summed E-state index contributed by atoms with van der Waals surface area (Å²) >= 11 is 3.42. The van der Waals surface area contributed by atoms with Gasteiger partial charge in [0.1, 0.15) is 10.7 Å². The van der Waals surface area contributed by atoms with E-state index in [1.165, 1.54) is 23.4 Å². The molecule has 1 aliphatic carbocycles. The van der Waals surface area contributed by atoms with Gasteiger partial charge in [-0.25, -0.2) is 9.97 Å². The third kappa shape index (κ3) is 1.69. The molecule has 0 aliphatic heterocycles. The summed E-state index contributed by atoms with van der Waals surface area (Å²) in [6, 6.07) is 0.494. The van der Waals surface area contributed by atoms with Crippen molar-refractivity contribution < 1.29 is 0 Å². The maximum Gasteiger partial charge on any atom is 0.143 e. The molecule has 0 saturated carbocycles. The zero-order chi connectivity index (χ0) is 11.0. The Bertz CT molecular complexity index is 475. The van der Waals surface area contributed by atoms with Crippen molar-refractivity contribution in [1.82, 2.24) is 15.3 Å². The average molecular weight is 251 g/mol. The van der Waals surface area contributed by atoms with Crippen LogP contribution in [0, 0.1) is 0 Å². The first-order valence-electron chi connectivity index (χ1n) is 5.44. The van der Waals surface area contributed by atoms with Crippen LogP contribution in [-0.4, -0.2) is 17.0 Å². The standard InChI is InChI=1S/C11H13N3S2/c1-12-7-3-2-4-8-10(7)16-11(14-8)9-5-15-6-13-9/h5-7,12H,2-4H2,1H3. The number of aryl methyl sites for hydroxylation is 1. The molecule has 3 rings (SSSR count). The summed E-state index contributed by atoms with van der Waals surface area (Å²) in [5.74, 6) is 0. The molecule has 0 aromatic carbocycles. The first-order valence-corrected chi connectivity index (χ1v) is 7.20. The van der Waals surface area contributed by atoms with E-state index in [-0.39, 0.29) is 0 Å². The first-order chi connectivity index (χ1) is 7.88. The van der Waals surface area contributed by atoms with E-state index < -0.39 is 0 Å². The maximum atomic E-state index is 4.71. The van der Waals surface area contributed by atoms with E-state index in [0.29, 0.717) is 6.04 Å². The van der Waals surface area contributed by atoms with Crippen molar-refractivity contribution in [3.63, 3.8) is 0 Å². The molecule has 3 nitrogen and oxygen atoms in total. The Hall–Kier alpha value is -0.780. The molecule has 0 spiro atoms. The van der Waals surface area contributed by atoms with Gasteiger partial charge in [-0.1, -0.05) is 0 Å². The van der Waals surface area contributed by atoms with Gasteiger partial charge in [0.25, 0.3) is 0 Å². The van der Waals surface area contributed by atoms with Crippen LogP contribution >= 0.6 is 22.7 Å². The van der Waals surface area contributed by atoms with Gasteiger partial charge in [0.2, 0.25) is 0 Å². The molecule has 1 unspecified atom stereocenters. The van der Waals surface area contributed by atoms with Crippen LogP contribution in [0.5, 0.6) is 0 Å². The summed E-state index contributed by atoms with van der Waals surface area (Å²) in [6.45, 7) is 0. The van der Waals surface area contributed by atoms with Crippen LogP contribution < -0.4 is 5.32 Å². The Morgan fingerprint density at radius 2 is 2.44 bits per heavy atom. The molecule has 84 valence electrons. The van der Waals surface area contributed by atoms with E-state index in [0.717, 1.165) is 17.1 Å². The molecule has 1 N–H and O–H groups in total.